The molecule has 0 unspecified atom stereocenters. The van der Waals surface area contributed by atoms with E-state index in [0.717, 1.165) is 12.1 Å². The van der Waals surface area contributed by atoms with Gasteiger partial charge in [0.15, 0.2) is 0 Å². The molecule has 0 spiro atoms. The molecule has 0 atom stereocenters. The van der Waals surface area contributed by atoms with Gasteiger partial charge >= 0.3 is 0 Å². The number of nitrogens with one attached hydrogen (secondary N) is 1. The molecular weight excluding hydrogens is 344 g/mol. The van der Waals surface area contributed by atoms with E-state index < -0.39 is 11.7 Å². The number of ether oxygens (including phenoxy) is 1. The Kier molecular flexibility index (Phi) is 4.82. The molecule has 1 heterocycles. The lowest BCUT2D eigenvalue weighted by Crippen LogP contribution is -2.15. The zero-order valence-electron chi connectivity index (χ0n) is 10.5. The molecule has 1 aromatic carbocycles. The second-order valence-electron chi connectivity index (χ2n) is 3.76. The molecule has 2 aromatic rings. The molecule has 0 saturated carbocycles. The highest BCUT2D eigenvalue weighted by Gasteiger charge is 2.18. The van der Waals surface area contributed by atoms with Crippen LogP contribution in [-0.2, 0) is 0 Å². The van der Waals surface area contributed by atoms with Crippen molar-refractivity contribution in [2.45, 2.75) is 0 Å². The van der Waals surface area contributed by atoms with E-state index in [-0.39, 0.29) is 32.5 Å². The monoisotopic (exact) mass is 349 g/mol. The SMILES string of the molecule is COc1nc(Cl)ncc1C(=O)Nc1c(Cl)cc(F)cc1Cl. The largest absolute Gasteiger partial charge is 0.480 e. The highest BCUT2D eigenvalue weighted by molar-refractivity contribution is 6.40. The van der Waals surface area contributed by atoms with Gasteiger partial charge in [-0.1, -0.05) is 23.2 Å². The van der Waals surface area contributed by atoms with Crippen LogP contribution in [-0.4, -0.2) is 23.0 Å². The summed E-state index contributed by atoms with van der Waals surface area (Å²) >= 11 is 17.3. The average Bonchev–Trinajstić information content (AvgIpc) is 2.42. The van der Waals surface area contributed by atoms with Crippen LogP contribution in [0.1, 0.15) is 10.4 Å². The third kappa shape index (κ3) is 3.53. The summed E-state index contributed by atoms with van der Waals surface area (Å²) in [6.07, 6.45) is 1.19. The van der Waals surface area contributed by atoms with Gasteiger partial charge in [-0.05, 0) is 23.7 Å². The molecule has 0 fully saturated rings. The van der Waals surface area contributed by atoms with E-state index in [1.165, 1.54) is 13.3 Å². The van der Waals surface area contributed by atoms with E-state index >= 15 is 0 Å². The number of nitrogens with zero attached hydrogens (tertiary/aromatic N) is 2. The van der Waals surface area contributed by atoms with Crippen LogP contribution in [0.25, 0.3) is 0 Å². The molecular formula is C12H7Cl3FN3O2. The third-order valence-electron chi connectivity index (χ3n) is 2.41. The second-order valence-corrected chi connectivity index (χ2v) is 4.91. The molecule has 2 rings (SSSR count). The Hall–Kier alpha value is -1.63. The second kappa shape index (κ2) is 6.43. The fourth-order valence-electron chi connectivity index (χ4n) is 1.50. The van der Waals surface area contributed by atoms with Crippen molar-refractivity contribution in [1.82, 2.24) is 9.97 Å². The molecule has 1 aromatic heterocycles. The van der Waals surface area contributed by atoms with Crippen molar-refractivity contribution >= 4 is 46.4 Å². The molecule has 0 aliphatic rings. The predicted octanol–water partition coefficient (Wildman–Crippen LogP) is 3.84. The number of anilines is 1. The van der Waals surface area contributed by atoms with E-state index in [1.807, 2.05) is 0 Å². The van der Waals surface area contributed by atoms with Crippen LogP contribution in [0.4, 0.5) is 10.1 Å². The molecule has 9 heteroatoms. The molecule has 5 nitrogen and oxygen atoms in total. The number of benzene rings is 1. The lowest BCUT2D eigenvalue weighted by atomic mass is 10.2. The summed E-state index contributed by atoms with van der Waals surface area (Å²) in [6.45, 7) is 0. The van der Waals surface area contributed by atoms with Gasteiger partial charge < -0.3 is 10.1 Å². The number of amides is 1. The molecule has 1 amide bonds. The molecule has 110 valence electrons. The zero-order chi connectivity index (χ0) is 15.6. The molecule has 1 N–H and O–H groups in total. The van der Waals surface area contributed by atoms with Crippen LogP contribution in [0, 0.1) is 5.82 Å². The van der Waals surface area contributed by atoms with Crippen molar-refractivity contribution < 1.29 is 13.9 Å². The van der Waals surface area contributed by atoms with Crippen molar-refractivity contribution in [3.63, 3.8) is 0 Å². The fourth-order valence-corrected chi connectivity index (χ4v) is 2.18. The van der Waals surface area contributed by atoms with Gasteiger partial charge in [0, 0.05) is 6.20 Å². The van der Waals surface area contributed by atoms with Gasteiger partial charge in [0.05, 0.1) is 22.8 Å². The van der Waals surface area contributed by atoms with E-state index in [9.17, 15) is 9.18 Å². The van der Waals surface area contributed by atoms with Crippen molar-refractivity contribution in [1.29, 1.82) is 0 Å². The van der Waals surface area contributed by atoms with Crippen LogP contribution in [0.3, 0.4) is 0 Å². The van der Waals surface area contributed by atoms with E-state index in [2.05, 4.69) is 15.3 Å². The Morgan fingerprint density at radius 2 is 1.90 bits per heavy atom. The predicted molar refractivity (Wildman–Crippen MR) is 78.0 cm³/mol. The summed E-state index contributed by atoms with van der Waals surface area (Å²) in [5.41, 5.74) is 0.0973. The van der Waals surface area contributed by atoms with Crippen LogP contribution in [0.15, 0.2) is 18.3 Å². The smallest absolute Gasteiger partial charge is 0.262 e. The molecule has 0 radical (unpaired) electrons. The number of hydrogen-bond donors (Lipinski definition) is 1. The van der Waals surface area contributed by atoms with Gasteiger partial charge in [0.2, 0.25) is 11.2 Å². The maximum absolute atomic E-state index is 13.1. The number of rotatable bonds is 3. The van der Waals surface area contributed by atoms with E-state index in [1.54, 1.807) is 0 Å². The van der Waals surface area contributed by atoms with Crippen LogP contribution < -0.4 is 10.1 Å². The minimum Gasteiger partial charge on any atom is -0.480 e. The van der Waals surface area contributed by atoms with Gasteiger partial charge in [-0.25, -0.2) is 9.37 Å². The summed E-state index contributed by atoms with van der Waals surface area (Å²) < 4.78 is 18.0. The first-order valence-electron chi connectivity index (χ1n) is 5.44. The van der Waals surface area contributed by atoms with Crippen LogP contribution >= 0.6 is 34.8 Å². The van der Waals surface area contributed by atoms with Crippen LogP contribution in [0.5, 0.6) is 5.88 Å². The Balaban J connectivity index is 2.35. The number of aromatic nitrogens is 2. The Morgan fingerprint density at radius 3 is 2.48 bits per heavy atom. The molecule has 0 saturated heterocycles. The third-order valence-corrected chi connectivity index (χ3v) is 3.19. The first-order valence-corrected chi connectivity index (χ1v) is 6.58. The quantitative estimate of drug-likeness (QED) is 0.854. The molecule has 0 aliphatic carbocycles. The summed E-state index contributed by atoms with van der Waals surface area (Å²) in [7, 11) is 1.33. The molecule has 21 heavy (non-hydrogen) atoms. The van der Waals surface area contributed by atoms with Gasteiger partial charge in [-0.2, -0.15) is 4.98 Å². The lowest BCUT2D eigenvalue weighted by Gasteiger charge is -2.11. The van der Waals surface area contributed by atoms with Gasteiger partial charge in [0.25, 0.3) is 5.91 Å². The Bertz CT molecular complexity index is 689. The van der Waals surface area contributed by atoms with Crippen molar-refractivity contribution in [2.75, 3.05) is 12.4 Å². The number of hydrogen-bond acceptors (Lipinski definition) is 4. The van der Waals surface area contributed by atoms with E-state index in [0.29, 0.717) is 0 Å². The minimum absolute atomic E-state index is 0.0122. The summed E-state index contributed by atoms with van der Waals surface area (Å²) in [4.78, 5) is 19.6. The molecule has 0 bridgehead atoms. The minimum atomic E-state index is -0.626. The van der Waals surface area contributed by atoms with Gasteiger partial charge in [-0.15, -0.1) is 0 Å². The van der Waals surface area contributed by atoms with Crippen molar-refractivity contribution in [3.8, 4) is 5.88 Å². The summed E-state index contributed by atoms with van der Waals surface area (Å²) in [5.74, 6) is -1.25. The Morgan fingerprint density at radius 1 is 1.29 bits per heavy atom. The van der Waals surface area contributed by atoms with Gasteiger partial charge in [-0.3, -0.25) is 4.79 Å². The normalized spacial score (nSPS) is 10.3. The standard InChI is InChI=1S/C12H7Cl3FN3O2/c1-21-11-6(4-17-12(15)19-11)10(20)18-9-7(13)2-5(16)3-8(9)14/h2-4H,1H3,(H,18,20). The number of carbonyl (C=O) groups excluding carboxylic acids is 1. The zero-order valence-corrected chi connectivity index (χ0v) is 12.7. The highest BCUT2D eigenvalue weighted by Crippen LogP contribution is 2.32. The van der Waals surface area contributed by atoms with Crippen molar-refractivity contribution in [3.05, 3.63) is 45.0 Å². The number of halogens is 4. The number of carbonyl (C=O) groups is 1. The topological polar surface area (TPSA) is 64.1 Å². The first-order chi connectivity index (χ1) is 9.92. The number of methoxy groups -OCH3 is 1. The summed E-state index contributed by atoms with van der Waals surface area (Å²) in [6, 6.07) is 2.05. The maximum Gasteiger partial charge on any atom is 0.262 e. The van der Waals surface area contributed by atoms with E-state index in [4.69, 9.17) is 39.5 Å². The molecule has 0 aliphatic heterocycles. The van der Waals surface area contributed by atoms with Crippen molar-refractivity contribution in [2.24, 2.45) is 0 Å². The first kappa shape index (κ1) is 15.8. The fraction of sp³-hybridized carbons (Fsp3) is 0.0833. The van der Waals surface area contributed by atoms with Gasteiger partial charge in [0.1, 0.15) is 11.4 Å². The highest BCUT2D eigenvalue weighted by atomic mass is 35.5. The summed E-state index contributed by atoms with van der Waals surface area (Å²) in [5, 5.41) is 2.30. The van der Waals surface area contributed by atoms with Crippen LogP contribution in [0.2, 0.25) is 15.3 Å². The average molecular weight is 351 g/mol. The maximum atomic E-state index is 13.1. The Labute approximate surface area is 134 Å². The lowest BCUT2D eigenvalue weighted by molar-refractivity contribution is 0.102.